The number of benzene rings is 1. The molecule has 6 heterocycles. The Morgan fingerprint density at radius 3 is 2.56 bits per heavy atom. The molecule has 1 unspecified atom stereocenters. The van der Waals surface area contributed by atoms with E-state index in [1.807, 2.05) is 30.1 Å². The van der Waals surface area contributed by atoms with Gasteiger partial charge in [-0.3, -0.25) is 33.8 Å². The van der Waals surface area contributed by atoms with Gasteiger partial charge in [0.15, 0.2) is 11.4 Å². The number of nitrogens with zero attached hydrogens (tertiary/aromatic N) is 8. The quantitative estimate of drug-likeness (QED) is 0.155. The first kappa shape index (κ1) is 40.0. The number of halogens is 4. The summed E-state index contributed by atoms with van der Waals surface area (Å²) in [6.07, 6.45) is 1.82. The Morgan fingerprint density at radius 1 is 1.07 bits per heavy atom. The van der Waals surface area contributed by atoms with Crippen molar-refractivity contribution in [2.24, 2.45) is 13.0 Å². The van der Waals surface area contributed by atoms with Crippen LogP contribution < -0.4 is 26.0 Å². The van der Waals surface area contributed by atoms with Crippen LogP contribution >= 0.6 is 0 Å². The molecule has 59 heavy (non-hydrogen) atoms. The summed E-state index contributed by atoms with van der Waals surface area (Å²) in [6.45, 7) is 1.49. The summed E-state index contributed by atoms with van der Waals surface area (Å²) in [6, 6.07) is 7.97. The van der Waals surface area contributed by atoms with E-state index < -0.39 is 41.6 Å². The van der Waals surface area contributed by atoms with Crippen LogP contribution in [0.5, 0.6) is 5.75 Å². The van der Waals surface area contributed by atoms with Crippen molar-refractivity contribution in [3.8, 4) is 5.75 Å². The molecule has 15 nitrogen and oxygen atoms in total. The van der Waals surface area contributed by atoms with Crippen molar-refractivity contribution in [3.63, 3.8) is 0 Å². The lowest BCUT2D eigenvalue weighted by atomic mass is 9.80. The predicted molar refractivity (Wildman–Crippen MR) is 208 cm³/mol. The molecule has 3 aliphatic rings. The van der Waals surface area contributed by atoms with E-state index in [4.69, 9.17) is 9.84 Å². The lowest BCUT2D eigenvalue weighted by Gasteiger charge is -2.42. The number of piperidine rings is 2. The van der Waals surface area contributed by atoms with Gasteiger partial charge in [0.25, 0.3) is 5.91 Å². The number of aromatic nitrogens is 6. The number of carbonyl (C=O) groups is 3. The van der Waals surface area contributed by atoms with Gasteiger partial charge in [-0.05, 0) is 75.8 Å². The lowest BCUT2D eigenvalue weighted by Crippen LogP contribution is -2.52. The van der Waals surface area contributed by atoms with Crippen LogP contribution in [0.2, 0.25) is 0 Å². The van der Waals surface area contributed by atoms with Gasteiger partial charge in [-0.2, -0.15) is 18.3 Å². The second-order valence-corrected chi connectivity index (χ2v) is 15.7. The average Bonchev–Trinajstić information content (AvgIpc) is 3.74. The Kier molecular flexibility index (Phi) is 10.6. The molecular weight excluding hydrogens is 776 g/mol. The summed E-state index contributed by atoms with van der Waals surface area (Å²) in [4.78, 5) is 61.8. The summed E-state index contributed by atoms with van der Waals surface area (Å²) in [5.74, 6) is -0.921. The van der Waals surface area contributed by atoms with Crippen molar-refractivity contribution in [3.05, 3.63) is 76.5 Å². The van der Waals surface area contributed by atoms with Crippen LogP contribution in [0, 0.1) is 5.92 Å². The van der Waals surface area contributed by atoms with Crippen molar-refractivity contribution in [2.45, 2.75) is 75.3 Å². The van der Waals surface area contributed by atoms with Crippen molar-refractivity contribution >= 4 is 45.6 Å². The number of para-hydroxylation sites is 1. The first-order chi connectivity index (χ1) is 28.2. The fraction of sp³-hybridized carbons (Fsp3) is 0.475. The van der Waals surface area contributed by atoms with Gasteiger partial charge >= 0.3 is 11.9 Å². The molecular formula is C40H44F4N10O5. The maximum absolute atomic E-state index is 16.1. The van der Waals surface area contributed by atoms with E-state index in [-0.39, 0.29) is 54.4 Å². The van der Waals surface area contributed by atoms with E-state index in [1.165, 1.54) is 16.2 Å². The topological polar surface area (TPSA) is 161 Å². The fourth-order valence-corrected chi connectivity index (χ4v) is 8.99. The normalized spacial score (nSPS) is 22.9. The van der Waals surface area contributed by atoms with Gasteiger partial charge in [0.05, 0.1) is 65.9 Å². The molecule has 2 saturated heterocycles. The number of anilines is 2. The third kappa shape index (κ3) is 7.74. The second-order valence-electron chi connectivity index (χ2n) is 15.7. The number of amides is 3. The average molecular weight is 821 g/mol. The molecule has 0 spiro atoms. The van der Waals surface area contributed by atoms with E-state index >= 15 is 4.39 Å². The number of aryl methyl sites for hydroxylation is 1. The van der Waals surface area contributed by atoms with Crippen LogP contribution in [0.25, 0.3) is 16.6 Å². The van der Waals surface area contributed by atoms with Crippen LogP contribution in [-0.2, 0) is 22.8 Å². The standard InChI is InChI=1S/C40H44F4N10O5/c1-50(29-13-14-52(20-25(29)41)30-5-4-6-31-36(30)51(2)39(58)54(31)32-11-12-35(55)48-38(32)57)19-22-7-9-23(10-8-22)26-15-24-16-27(33(59-3)21-53(24)49-26)47-37(56)28-17-45-18-34(46-28)40(42,43)44/h4-6,15-18,21-23,25,29,32H,7-14,19-20H2,1-3H3,(H,47,56)(H,48,55,57)/t22?,23?,25-,29+,32?/m1/s1. The van der Waals surface area contributed by atoms with Crippen molar-refractivity contribution < 1.29 is 36.7 Å². The van der Waals surface area contributed by atoms with Crippen LogP contribution in [0.3, 0.4) is 0 Å². The molecule has 5 aromatic rings. The van der Waals surface area contributed by atoms with Crippen LogP contribution in [0.4, 0.5) is 28.9 Å². The van der Waals surface area contributed by atoms with Crippen LogP contribution in [0.15, 0.2) is 53.7 Å². The number of hydrogen-bond donors (Lipinski definition) is 2. The van der Waals surface area contributed by atoms with E-state index in [0.29, 0.717) is 41.6 Å². The summed E-state index contributed by atoms with van der Waals surface area (Å²) >= 11 is 0. The number of ether oxygens (including phenoxy) is 1. The number of carbonyl (C=O) groups excluding carboxylic acids is 3. The van der Waals surface area contributed by atoms with Gasteiger partial charge in [-0.1, -0.05) is 6.07 Å². The van der Waals surface area contributed by atoms with Crippen molar-refractivity contribution in [2.75, 3.05) is 44.0 Å². The molecule has 3 atom stereocenters. The molecule has 8 rings (SSSR count). The first-order valence-corrected chi connectivity index (χ1v) is 19.6. The molecule has 2 N–H and O–H groups in total. The highest BCUT2D eigenvalue weighted by Gasteiger charge is 2.37. The highest BCUT2D eigenvalue weighted by Crippen LogP contribution is 2.38. The van der Waals surface area contributed by atoms with Gasteiger partial charge in [0.1, 0.15) is 17.9 Å². The van der Waals surface area contributed by atoms with Crippen molar-refractivity contribution in [1.29, 1.82) is 0 Å². The van der Waals surface area contributed by atoms with E-state index in [9.17, 15) is 32.3 Å². The van der Waals surface area contributed by atoms with Gasteiger partial charge in [0, 0.05) is 38.5 Å². The molecule has 0 bridgehead atoms. The molecule has 1 saturated carbocycles. The summed E-state index contributed by atoms with van der Waals surface area (Å²) < 4.78 is 65.6. The predicted octanol–water partition coefficient (Wildman–Crippen LogP) is 4.86. The zero-order valence-electron chi connectivity index (χ0n) is 32.7. The number of pyridine rings is 1. The van der Waals surface area contributed by atoms with Gasteiger partial charge in [-0.15, -0.1) is 0 Å². The largest absolute Gasteiger partial charge is 0.493 e. The molecule has 2 aliphatic heterocycles. The Bertz CT molecular complexity index is 2490. The highest BCUT2D eigenvalue weighted by atomic mass is 19.4. The Morgan fingerprint density at radius 2 is 1.85 bits per heavy atom. The summed E-state index contributed by atoms with van der Waals surface area (Å²) in [5, 5.41) is 9.71. The molecule has 0 radical (unpaired) electrons. The van der Waals surface area contributed by atoms with E-state index in [2.05, 4.69) is 25.5 Å². The maximum Gasteiger partial charge on any atom is 0.434 e. The number of nitrogens with one attached hydrogen (secondary N) is 2. The van der Waals surface area contributed by atoms with Gasteiger partial charge in [-0.25, -0.2) is 18.7 Å². The third-order valence-electron chi connectivity index (χ3n) is 12.0. The van der Waals surface area contributed by atoms with E-state index in [1.54, 1.807) is 29.9 Å². The van der Waals surface area contributed by atoms with Crippen LogP contribution in [0.1, 0.15) is 78.8 Å². The molecule has 19 heteroatoms. The number of alkyl halides is 4. The number of hydrogen-bond acceptors (Lipinski definition) is 10. The summed E-state index contributed by atoms with van der Waals surface area (Å²) in [5.41, 5.74) is 1.58. The Labute approximate surface area is 335 Å². The fourth-order valence-electron chi connectivity index (χ4n) is 8.99. The van der Waals surface area contributed by atoms with E-state index in [0.717, 1.165) is 49.8 Å². The lowest BCUT2D eigenvalue weighted by molar-refractivity contribution is -0.141. The number of imidazole rings is 1. The Balaban J connectivity index is 0.881. The number of imide groups is 1. The number of rotatable bonds is 9. The maximum atomic E-state index is 16.1. The van der Waals surface area contributed by atoms with Gasteiger partial charge < -0.3 is 19.9 Å². The minimum Gasteiger partial charge on any atom is -0.493 e. The third-order valence-corrected chi connectivity index (χ3v) is 12.0. The number of methoxy groups -OCH3 is 1. The second kappa shape index (κ2) is 15.7. The zero-order valence-corrected chi connectivity index (χ0v) is 32.7. The van der Waals surface area contributed by atoms with Crippen LogP contribution in [-0.4, -0.2) is 97.3 Å². The SMILES string of the molecule is COc1cn2nc(C3CCC(CN(C)[C@H]4CCN(c5cccc6c5n(C)c(=O)n6C5CCC(=O)NC5=O)C[C@H]4F)CC3)cc2cc1NC(=O)c1cncc(C(F)(F)F)n1. The molecule has 1 aromatic carbocycles. The number of fused-ring (bicyclic) bond motifs is 2. The minimum absolute atomic E-state index is 0.144. The monoisotopic (exact) mass is 820 g/mol. The highest BCUT2D eigenvalue weighted by molar-refractivity contribution is 6.04. The van der Waals surface area contributed by atoms with Gasteiger partial charge in [0.2, 0.25) is 11.8 Å². The molecule has 4 aromatic heterocycles. The molecule has 312 valence electrons. The smallest absolute Gasteiger partial charge is 0.434 e. The molecule has 3 fully saturated rings. The molecule has 1 aliphatic carbocycles. The van der Waals surface area contributed by atoms with Crippen molar-refractivity contribution in [1.82, 2.24) is 38.9 Å². The first-order valence-electron chi connectivity index (χ1n) is 19.6. The minimum atomic E-state index is -4.75. The summed E-state index contributed by atoms with van der Waals surface area (Å²) in [7, 11) is 5.04. The molecule has 3 amide bonds. The Hall–Kier alpha value is -5.85. The zero-order chi connectivity index (χ0) is 41.7.